The molecule has 0 saturated carbocycles. The molecule has 0 amide bonds. The molecule has 1 aromatic heterocycles. The zero-order valence-corrected chi connectivity index (χ0v) is 15.7. The van der Waals surface area contributed by atoms with Crippen LogP contribution in [0.4, 0.5) is 0 Å². The minimum atomic E-state index is -0.273. The van der Waals surface area contributed by atoms with Gasteiger partial charge in [0, 0.05) is 24.7 Å². The van der Waals surface area contributed by atoms with Crippen LogP contribution in [0.3, 0.4) is 0 Å². The maximum absolute atomic E-state index is 12.4. The number of hydrogen-bond donors (Lipinski definition) is 0. The van der Waals surface area contributed by atoms with Crippen molar-refractivity contribution >= 4 is 11.1 Å². The summed E-state index contributed by atoms with van der Waals surface area (Å²) in [5, 5.41) is 0. The van der Waals surface area contributed by atoms with Crippen molar-refractivity contribution in [2.24, 2.45) is 0 Å². The average Bonchev–Trinajstić information content (AvgIpc) is 3.04. The van der Waals surface area contributed by atoms with Gasteiger partial charge in [0.2, 0.25) is 0 Å². The zero-order valence-electron chi connectivity index (χ0n) is 15.7. The molecule has 0 bridgehead atoms. The van der Waals surface area contributed by atoms with Gasteiger partial charge in [0.25, 0.3) is 0 Å². The SMILES string of the molecule is COc1ccc(CN2CCC[C@H](n3c(=O)oc4ccccc43)C2)c(OC)c1. The predicted molar refractivity (Wildman–Crippen MR) is 104 cm³/mol. The van der Waals surface area contributed by atoms with E-state index in [0.717, 1.165) is 55.1 Å². The standard InChI is InChI=1S/C21H24N2O4/c1-25-17-10-9-15(20(12-17)26-2)13-22-11-5-6-16(14-22)23-18-7-3-4-8-19(18)27-21(23)24/h3-4,7-10,12,16H,5-6,11,13-14H2,1-2H3/t16-/m0/s1. The Morgan fingerprint density at radius 2 is 2.00 bits per heavy atom. The molecule has 1 atom stereocenters. The highest BCUT2D eigenvalue weighted by molar-refractivity contribution is 5.72. The van der Waals surface area contributed by atoms with E-state index < -0.39 is 0 Å². The van der Waals surface area contributed by atoms with Gasteiger partial charge in [-0.25, -0.2) is 4.79 Å². The second-order valence-electron chi connectivity index (χ2n) is 6.91. The summed E-state index contributed by atoms with van der Waals surface area (Å²) in [5.74, 6) is 1.33. The van der Waals surface area contributed by atoms with Gasteiger partial charge in [-0.1, -0.05) is 18.2 Å². The van der Waals surface area contributed by atoms with Gasteiger partial charge in [-0.3, -0.25) is 9.47 Å². The second kappa shape index (κ2) is 7.48. The number of benzene rings is 2. The molecule has 1 aliphatic heterocycles. The van der Waals surface area contributed by atoms with Gasteiger partial charge >= 0.3 is 5.76 Å². The molecule has 4 rings (SSSR count). The molecule has 6 nitrogen and oxygen atoms in total. The first-order valence-electron chi connectivity index (χ1n) is 9.23. The van der Waals surface area contributed by atoms with Gasteiger partial charge in [-0.05, 0) is 37.6 Å². The first-order chi connectivity index (χ1) is 13.2. The van der Waals surface area contributed by atoms with Gasteiger partial charge in [0.1, 0.15) is 11.5 Å². The molecule has 3 aromatic rings. The van der Waals surface area contributed by atoms with Crippen LogP contribution in [0.15, 0.2) is 51.7 Å². The van der Waals surface area contributed by atoms with Crippen molar-refractivity contribution < 1.29 is 13.9 Å². The van der Waals surface area contributed by atoms with Crippen LogP contribution in [-0.2, 0) is 6.54 Å². The molecule has 142 valence electrons. The monoisotopic (exact) mass is 368 g/mol. The quantitative estimate of drug-likeness (QED) is 0.690. The predicted octanol–water partition coefficient (Wildman–Crippen LogP) is 3.45. The van der Waals surface area contributed by atoms with E-state index in [0.29, 0.717) is 5.58 Å². The number of para-hydroxylation sites is 2. The van der Waals surface area contributed by atoms with Gasteiger partial charge in [-0.15, -0.1) is 0 Å². The lowest BCUT2D eigenvalue weighted by Gasteiger charge is -2.33. The first kappa shape index (κ1) is 17.7. The molecular weight excluding hydrogens is 344 g/mol. The van der Waals surface area contributed by atoms with E-state index in [-0.39, 0.29) is 11.8 Å². The molecule has 1 aliphatic rings. The smallest absolute Gasteiger partial charge is 0.420 e. The van der Waals surface area contributed by atoms with Crippen LogP contribution < -0.4 is 15.2 Å². The second-order valence-corrected chi connectivity index (χ2v) is 6.91. The third kappa shape index (κ3) is 3.45. The largest absolute Gasteiger partial charge is 0.497 e. The number of piperidine rings is 1. The van der Waals surface area contributed by atoms with Gasteiger partial charge in [-0.2, -0.15) is 0 Å². The molecule has 0 N–H and O–H groups in total. The molecule has 0 unspecified atom stereocenters. The van der Waals surface area contributed by atoms with Crippen LogP contribution in [0.25, 0.3) is 11.1 Å². The third-order valence-corrected chi connectivity index (χ3v) is 5.25. The maximum Gasteiger partial charge on any atom is 0.420 e. The number of nitrogens with zero attached hydrogens (tertiary/aromatic N) is 2. The summed E-state index contributed by atoms with van der Waals surface area (Å²) < 4.78 is 18.0. The molecular formula is C21H24N2O4. The van der Waals surface area contributed by atoms with Gasteiger partial charge in [0.15, 0.2) is 5.58 Å². The fourth-order valence-electron chi connectivity index (χ4n) is 3.94. The average molecular weight is 368 g/mol. The lowest BCUT2D eigenvalue weighted by atomic mass is 10.0. The maximum atomic E-state index is 12.4. The number of oxazole rings is 1. The topological polar surface area (TPSA) is 56.8 Å². The highest BCUT2D eigenvalue weighted by Crippen LogP contribution is 2.29. The number of likely N-dealkylation sites (tertiary alicyclic amines) is 1. The van der Waals surface area contributed by atoms with E-state index >= 15 is 0 Å². The van der Waals surface area contributed by atoms with Gasteiger partial charge in [0.05, 0.1) is 25.8 Å². The van der Waals surface area contributed by atoms with E-state index in [2.05, 4.69) is 4.90 Å². The minimum absolute atomic E-state index is 0.110. The zero-order chi connectivity index (χ0) is 18.8. The molecule has 0 radical (unpaired) electrons. The Balaban J connectivity index is 1.57. The van der Waals surface area contributed by atoms with E-state index in [1.807, 2.05) is 47.0 Å². The van der Waals surface area contributed by atoms with Crippen LogP contribution in [0.2, 0.25) is 0 Å². The van der Waals surface area contributed by atoms with Crippen molar-refractivity contribution in [2.45, 2.75) is 25.4 Å². The third-order valence-electron chi connectivity index (χ3n) is 5.25. The number of rotatable bonds is 5. The Bertz CT molecular complexity index is 991. The number of ether oxygens (including phenoxy) is 2. The summed E-state index contributed by atoms with van der Waals surface area (Å²) >= 11 is 0. The molecule has 2 heterocycles. The van der Waals surface area contributed by atoms with Crippen molar-refractivity contribution in [1.29, 1.82) is 0 Å². The number of methoxy groups -OCH3 is 2. The molecule has 2 aromatic carbocycles. The van der Waals surface area contributed by atoms with Crippen LogP contribution in [0, 0.1) is 0 Å². The molecule has 0 spiro atoms. The fourth-order valence-corrected chi connectivity index (χ4v) is 3.94. The van der Waals surface area contributed by atoms with Gasteiger partial charge < -0.3 is 13.9 Å². The number of aromatic nitrogens is 1. The van der Waals surface area contributed by atoms with Crippen molar-refractivity contribution in [1.82, 2.24) is 9.47 Å². The summed E-state index contributed by atoms with van der Waals surface area (Å²) in [6, 6.07) is 13.6. The molecule has 27 heavy (non-hydrogen) atoms. The molecule has 1 fully saturated rings. The van der Waals surface area contributed by atoms with E-state index in [1.165, 1.54) is 0 Å². The highest BCUT2D eigenvalue weighted by atomic mass is 16.5. The highest BCUT2D eigenvalue weighted by Gasteiger charge is 2.25. The van der Waals surface area contributed by atoms with Crippen LogP contribution in [0.5, 0.6) is 11.5 Å². The summed E-state index contributed by atoms with van der Waals surface area (Å²) in [6.07, 6.45) is 2.01. The van der Waals surface area contributed by atoms with Crippen molar-refractivity contribution in [3.8, 4) is 11.5 Å². The van der Waals surface area contributed by atoms with E-state index in [1.54, 1.807) is 14.2 Å². The summed E-state index contributed by atoms with van der Waals surface area (Å²) in [5.41, 5.74) is 2.64. The Hall–Kier alpha value is -2.73. The molecule has 6 heteroatoms. The van der Waals surface area contributed by atoms with Crippen molar-refractivity contribution in [2.75, 3.05) is 27.3 Å². The lowest BCUT2D eigenvalue weighted by molar-refractivity contribution is 0.166. The molecule has 1 saturated heterocycles. The normalized spacial score (nSPS) is 17.9. The summed E-state index contributed by atoms with van der Waals surface area (Å²) in [6.45, 7) is 2.57. The minimum Gasteiger partial charge on any atom is -0.497 e. The lowest BCUT2D eigenvalue weighted by Crippen LogP contribution is -2.38. The Morgan fingerprint density at radius 3 is 2.81 bits per heavy atom. The van der Waals surface area contributed by atoms with E-state index in [9.17, 15) is 4.79 Å². The Labute approximate surface area is 157 Å². The molecule has 0 aliphatic carbocycles. The number of hydrogen-bond acceptors (Lipinski definition) is 5. The Kier molecular flexibility index (Phi) is 4.90. The summed E-state index contributed by atoms with van der Waals surface area (Å²) in [7, 11) is 3.32. The van der Waals surface area contributed by atoms with Crippen LogP contribution in [-0.4, -0.2) is 36.8 Å². The summed E-state index contributed by atoms with van der Waals surface area (Å²) in [4.78, 5) is 14.8. The first-order valence-corrected chi connectivity index (χ1v) is 9.23. The van der Waals surface area contributed by atoms with Crippen molar-refractivity contribution in [3.05, 3.63) is 58.6 Å². The van der Waals surface area contributed by atoms with E-state index in [4.69, 9.17) is 13.9 Å². The van der Waals surface area contributed by atoms with Crippen LogP contribution >= 0.6 is 0 Å². The Morgan fingerprint density at radius 1 is 1.15 bits per heavy atom. The fraction of sp³-hybridized carbons (Fsp3) is 0.381. The van der Waals surface area contributed by atoms with Crippen molar-refractivity contribution in [3.63, 3.8) is 0 Å². The number of fused-ring (bicyclic) bond motifs is 1. The van der Waals surface area contributed by atoms with Crippen LogP contribution in [0.1, 0.15) is 24.4 Å².